The normalized spacial score (nSPS) is 9.86. The maximum atomic E-state index is 11.1. The monoisotopic (exact) mass is 262 g/mol. The van der Waals surface area contributed by atoms with E-state index in [0.717, 1.165) is 4.57 Å². The van der Waals surface area contributed by atoms with Crippen LogP contribution in [-0.2, 0) is 16.1 Å². The topological polar surface area (TPSA) is 81.2 Å². The number of esters is 1. The number of hydrogen-bond acceptors (Lipinski definition) is 4. The summed E-state index contributed by atoms with van der Waals surface area (Å²) >= 11 is 2.94. The Labute approximate surface area is 86.6 Å². The highest BCUT2D eigenvalue weighted by atomic mass is 79.9. The second-order valence-electron chi connectivity index (χ2n) is 2.44. The van der Waals surface area contributed by atoms with Crippen LogP contribution >= 0.6 is 15.9 Å². The molecule has 0 aliphatic heterocycles. The Bertz CT molecular complexity index is 461. The Balaban J connectivity index is 3.11. The number of carbonyl (C=O) groups excluding carboxylic acids is 1. The average molecular weight is 263 g/mol. The van der Waals surface area contributed by atoms with Crippen LogP contribution in [0.25, 0.3) is 0 Å². The quantitative estimate of drug-likeness (QED) is 0.727. The minimum absolute atomic E-state index is 0.181. The molecule has 14 heavy (non-hydrogen) atoms. The first-order valence-corrected chi connectivity index (χ1v) is 4.40. The van der Waals surface area contributed by atoms with E-state index in [0.29, 0.717) is 0 Å². The van der Waals surface area contributed by atoms with Crippen LogP contribution in [-0.4, -0.2) is 22.6 Å². The molecule has 1 rings (SSSR count). The van der Waals surface area contributed by atoms with Gasteiger partial charge in [-0.1, -0.05) is 0 Å². The maximum Gasteiger partial charge on any atom is 0.328 e. The van der Waals surface area contributed by atoms with Gasteiger partial charge in [0.25, 0.3) is 5.56 Å². The van der Waals surface area contributed by atoms with Crippen molar-refractivity contribution in [2.24, 2.45) is 0 Å². The number of aromatic amines is 1. The number of nitrogens with zero attached hydrogens (tertiary/aromatic N) is 1. The van der Waals surface area contributed by atoms with Gasteiger partial charge in [-0.25, -0.2) is 4.79 Å². The van der Waals surface area contributed by atoms with Crippen molar-refractivity contribution in [1.82, 2.24) is 9.55 Å². The summed E-state index contributed by atoms with van der Waals surface area (Å²) in [5, 5.41) is 0. The van der Waals surface area contributed by atoms with Crippen molar-refractivity contribution in [2.75, 3.05) is 7.11 Å². The number of ether oxygens (including phenoxy) is 1. The molecule has 0 radical (unpaired) electrons. The molecule has 6 nitrogen and oxygen atoms in total. The second kappa shape index (κ2) is 4.23. The molecule has 0 atom stereocenters. The van der Waals surface area contributed by atoms with Crippen molar-refractivity contribution in [3.05, 3.63) is 31.5 Å². The lowest BCUT2D eigenvalue weighted by atomic mass is 10.6. The number of halogens is 1. The number of hydrogen-bond donors (Lipinski definition) is 1. The summed E-state index contributed by atoms with van der Waals surface area (Å²) in [4.78, 5) is 34.9. The zero-order valence-electron chi connectivity index (χ0n) is 7.24. The fraction of sp³-hybridized carbons (Fsp3) is 0.286. The van der Waals surface area contributed by atoms with Gasteiger partial charge in [0.15, 0.2) is 0 Å². The SMILES string of the molecule is COC(=O)Cn1cc(Br)c(=O)[nH]c1=O. The molecule has 0 aromatic carbocycles. The lowest BCUT2D eigenvalue weighted by Crippen LogP contribution is -2.32. The molecule has 1 N–H and O–H groups in total. The molecule has 0 unspecified atom stereocenters. The van der Waals surface area contributed by atoms with Crippen molar-refractivity contribution in [2.45, 2.75) is 6.54 Å². The van der Waals surface area contributed by atoms with Crippen molar-refractivity contribution >= 4 is 21.9 Å². The van der Waals surface area contributed by atoms with Gasteiger partial charge < -0.3 is 4.74 Å². The van der Waals surface area contributed by atoms with Crippen LogP contribution in [0.4, 0.5) is 0 Å². The van der Waals surface area contributed by atoms with Gasteiger partial charge in [-0.15, -0.1) is 0 Å². The molecule has 0 aliphatic carbocycles. The van der Waals surface area contributed by atoms with Gasteiger partial charge in [0.1, 0.15) is 6.54 Å². The fourth-order valence-electron chi connectivity index (χ4n) is 0.804. The molecule has 76 valence electrons. The number of rotatable bonds is 2. The highest BCUT2D eigenvalue weighted by molar-refractivity contribution is 9.10. The number of carbonyl (C=O) groups is 1. The number of H-pyrrole nitrogens is 1. The largest absolute Gasteiger partial charge is 0.468 e. The standard InChI is InChI=1S/C7H7BrN2O4/c1-14-5(11)3-10-2-4(8)6(12)9-7(10)13/h2H,3H2,1H3,(H,9,12,13). The lowest BCUT2D eigenvalue weighted by Gasteiger charge is -2.02. The molecular formula is C7H7BrN2O4. The first-order valence-electron chi connectivity index (χ1n) is 3.60. The zero-order valence-corrected chi connectivity index (χ0v) is 8.83. The molecule has 0 amide bonds. The van der Waals surface area contributed by atoms with Crippen LogP contribution in [0.2, 0.25) is 0 Å². The molecule has 0 aliphatic rings. The third-order valence-corrected chi connectivity index (χ3v) is 2.06. The number of aromatic nitrogens is 2. The first-order chi connectivity index (χ1) is 6.54. The fourth-order valence-corrected chi connectivity index (χ4v) is 1.15. The van der Waals surface area contributed by atoms with Crippen molar-refractivity contribution in [3.8, 4) is 0 Å². The highest BCUT2D eigenvalue weighted by Crippen LogP contribution is 1.97. The average Bonchev–Trinajstić information content (AvgIpc) is 2.14. The molecular weight excluding hydrogens is 256 g/mol. The molecule has 0 spiro atoms. The Morgan fingerprint density at radius 2 is 2.29 bits per heavy atom. The smallest absolute Gasteiger partial charge is 0.328 e. The van der Waals surface area contributed by atoms with Gasteiger partial charge in [0.05, 0.1) is 11.6 Å². The van der Waals surface area contributed by atoms with E-state index in [1.165, 1.54) is 13.3 Å². The van der Waals surface area contributed by atoms with Crippen LogP contribution in [0.5, 0.6) is 0 Å². The summed E-state index contributed by atoms with van der Waals surface area (Å²) in [5.41, 5.74) is -1.18. The Morgan fingerprint density at radius 1 is 1.64 bits per heavy atom. The van der Waals surface area contributed by atoms with E-state index in [1.807, 2.05) is 4.98 Å². The van der Waals surface area contributed by atoms with E-state index in [-0.39, 0.29) is 11.0 Å². The molecule has 7 heteroatoms. The van der Waals surface area contributed by atoms with Crippen molar-refractivity contribution < 1.29 is 9.53 Å². The van der Waals surface area contributed by atoms with Gasteiger partial charge in [-0.3, -0.25) is 19.1 Å². The minimum Gasteiger partial charge on any atom is -0.468 e. The molecule has 0 fully saturated rings. The van der Waals surface area contributed by atoms with Gasteiger partial charge in [-0.2, -0.15) is 0 Å². The zero-order chi connectivity index (χ0) is 10.7. The van der Waals surface area contributed by atoms with Crippen LogP contribution in [0.15, 0.2) is 20.3 Å². The second-order valence-corrected chi connectivity index (χ2v) is 3.29. The maximum absolute atomic E-state index is 11.1. The molecule has 1 aromatic heterocycles. The summed E-state index contributed by atoms with van der Waals surface area (Å²) in [6, 6.07) is 0. The summed E-state index contributed by atoms with van der Waals surface area (Å²) in [6.45, 7) is -0.231. The summed E-state index contributed by atoms with van der Waals surface area (Å²) in [6.07, 6.45) is 1.23. The Kier molecular flexibility index (Phi) is 3.23. The number of nitrogens with one attached hydrogen (secondary N) is 1. The van der Waals surface area contributed by atoms with Crippen molar-refractivity contribution in [3.63, 3.8) is 0 Å². The van der Waals surface area contributed by atoms with E-state index in [9.17, 15) is 14.4 Å². The van der Waals surface area contributed by atoms with E-state index >= 15 is 0 Å². The van der Waals surface area contributed by atoms with Crippen LogP contribution in [0, 0.1) is 0 Å². The van der Waals surface area contributed by atoms with Crippen LogP contribution in [0.1, 0.15) is 0 Å². The molecule has 0 saturated carbocycles. The summed E-state index contributed by atoms with van der Waals surface area (Å²) in [7, 11) is 1.22. The van der Waals surface area contributed by atoms with Gasteiger partial charge >= 0.3 is 11.7 Å². The predicted molar refractivity (Wildman–Crippen MR) is 51.0 cm³/mol. The van der Waals surface area contributed by atoms with Crippen molar-refractivity contribution in [1.29, 1.82) is 0 Å². The Morgan fingerprint density at radius 3 is 2.86 bits per heavy atom. The van der Waals surface area contributed by atoms with Gasteiger partial charge in [-0.05, 0) is 15.9 Å². The third kappa shape index (κ3) is 2.32. The van der Waals surface area contributed by atoms with Gasteiger partial charge in [0, 0.05) is 6.20 Å². The van der Waals surface area contributed by atoms with Crippen LogP contribution in [0.3, 0.4) is 0 Å². The molecule has 0 bridgehead atoms. The predicted octanol–water partition coefficient (Wildman–Crippen LogP) is -0.528. The van der Waals surface area contributed by atoms with Crippen LogP contribution < -0.4 is 11.2 Å². The van der Waals surface area contributed by atoms with E-state index in [1.54, 1.807) is 0 Å². The molecule has 1 aromatic rings. The lowest BCUT2D eigenvalue weighted by molar-refractivity contribution is -0.141. The van der Waals surface area contributed by atoms with E-state index in [2.05, 4.69) is 20.7 Å². The minimum atomic E-state index is -0.649. The summed E-state index contributed by atoms with van der Waals surface area (Å²) in [5.74, 6) is -0.564. The number of methoxy groups -OCH3 is 1. The van der Waals surface area contributed by atoms with E-state index < -0.39 is 17.2 Å². The molecule has 0 saturated heterocycles. The first kappa shape index (κ1) is 10.7. The van der Waals surface area contributed by atoms with E-state index in [4.69, 9.17) is 0 Å². The Hall–Kier alpha value is -1.37. The highest BCUT2D eigenvalue weighted by Gasteiger charge is 2.06. The summed E-state index contributed by atoms with van der Waals surface area (Å²) < 4.78 is 5.59. The van der Waals surface area contributed by atoms with Gasteiger partial charge in [0.2, 0.25) is 0 Å². The third-order valence-electron chi connectivity index (χ3n) is 1.49. The molecule has 1 heterocycles.